The Balaban J connectivity index is 1.80. The second kappa shape index (κ2) is 11.8. The fourth-order valence-corrected chi connectivity index (χ4v) is 5.10. The molecule has 0 spiro atoms. The standard InChI is InChI=1S/C24H30N4O5S2/c1-5-33-14-8-13-28-23(30)19-9-6-7-10-20(19)26-24(28)34-16-22(29)25-21-15-18(12-11-17(21)2)35(31,32)27(3)4/h6-7,9-12,15H,5,8,13-14,16H2,1-4H3,(H,25,29). The Morgan fingerprint density at radius 2 is 1.94 bits per heavy atom. The molecule has 2 aromatic carbocycles. The number of hydrogen-bond acceptors (Lipinski definition) is 7. The first kappa shape index (κ1) is 26.9. The average molecular weight is 519 g/mol. The van der Waals surface area contributed by atoms with Crippen molar-refractivity contribution in [3.8, 4) is 0 Å². The number of nitrogens with one attached hydrogen (secondary N) is 1. The molecule has 0 aliphatic rings. The van der Waals surface area contributed by atoms with Gasteiger partial charge in [0.05, 0.1) is 21.6 Å². The number of sulfonamides is 1. The van der Waals surface area contributed by atoms with Crippen LogP contribution < -0.4 is 10.9 Å². The topological polar surface area (TPSA) is 111 Å². The molecule has 0 bridgehead atoms. The molecular formula is C24H30N4O5S2. The number of carbonyl (C=O) groups excluding carboxylic acids is 1. The van der Waals surface area contributed by atoms with E-state index in [-0.39, 0.29) is 22.1 Å². The Morgan fingerprint density at radius 1 is 1.20 bits per heavy atom. The molecule has 0 saturated heterocycles. The van der Waals surface area contributed by atoms with Crippen molar-refractivity contribution >= 4 is 44.3 Å². The van der Waals surface area contributed by atoms with E-state index < -0.39 is 10.0 Å². The van der Waals surface area contributed by atoms with Crippen molar-refractivity contribution in [2.24, 2.45) is 0 Å². The van der Waals surface area contributed by atoms with Gasteiger partial charge in [0.25, 0.3) is 5.56 Å². The molecule has 9 nitrogen and oxygen atoms in total. The normalized spacial score (nSPS) is 11.8. The number of thioether (sulfide) groups is 1. The van der Waals surface area contributed by atoms with Crippen LogP contribution in [0.15, 0.2) is 57.3 Å². The number of fused-ring (bicyclic) bond motifs is 1. The van der Waals surface area contributed by atoms with Crippen molar-refractivity contribution in [2.45, 2.75) is 36.9 Å². The van der Waals surface area contributed by atoms with E-state index in [2.05, 4.69) is 10.3 Å². The van der Waals surface area contributed by atoms with E-state index in [9.17, 15) is 18.0 Å². The van der Waals surface area contributed by atoms with Crippen LogP contribution in [0.1, 0.15) is 18.9 Å². The Hall–Kier alpha value is -2.73. The molecular weight excluding hydrogens is 488 g/mol. The highest BCUT2D eigenvalue weighted by atomic mass is 32.2. The summed E-state index contributed by atoms with van der Waals surface area (Å²) in [5, 5.41) is 3.75. The summed E-state index contributed by atoms with van der Waals surface area (Å²) in [6.07, 6.45) is 0.639. The Labute approximate surface area is 209 Å². The molecule has 3 rings (SSSR count). The number of nitrogens with zero attached hydrogens (tertiary/aromatic N) is 3. The van der Waals surface area contributed by atoms with E-state index in [1.807, 2.05) is 13.0 Å². The van der Waals surface area contributed by atoms with Gasteiger partial charge in [-0.3, -0.25) is 14.2 Å². The summed E-state index contributed by atoms with van der Waals surface area (Å²) >= 11 is 1.16. The molecule has 1 N–H and O–H groups in total. The van der Waals surface area contributed by atoms with Gasteiger partial charge in [-0.15, -0.1) is 0 Å². The van der Waals surface area contributed by atoms with Crippen LogP contribution in [0, 0.1) is 6.92 Å². The molecule has 1 amide bonds. The molecule has 1 aromatic heterocycles. The van der Waals surface area contributed by atoms with Gasteiger partial charge in [0, 0.05) is 39.5 Å². The summed E-state index contributed by atoms with van der Waals surface area (Å²) in [6.45, 7) is 5.24. The molecule has 0 unspecified atom stereocenters. The van der Waals surface area contributed by atoms with Crippen LogP contribution in [0.4, 0.5) is 5.69 Å². The third kappa shape index (κ3) is 6.49. The molecule has 0 atom stereocenters. The summed E-state index contributed by atoms with van der Waals surface area (Å²) in [6, 6.07) is 11.7. The number of rotatable bonds is 11. The quantitative estimate of drug-likeness (QED) is 0.236. The van der Waals surface area contributed by atoms with E-state index in [1.165, 1.54) is 26.2 Å². The molecule has 0 fully saturated rings. The molecule has 3 aromatic rings. The second-order valence-corrected chi connectivity index (χ2v) is 11.1. The lowest BCUT2D eigenvalue weighted by Crippen LogP contribution is -2.25. The number of anilines is 1. The molecule has 0 radical (unpaired) electrons. The van der Waals surface area contributed by atoms with Crippen LogP contribution in [0.3, 0.4) is 0 Å². The van der Waals surface area contributed by atoms with Gasteiger partial charge in [-0.2, -0.15) is 0 Å². The van der Waals surface area contributed by atoms with Crippen LogP contribution in [0.5, 0.6) is 0 Å². The monoisotopic (exact) mass is 518 g/mol. The number of aromatic nitrogens is 2. The highest BCUT2D eigenvalue weighted by Crippen LogP contribution is 2.23. The Morgan fingerprint density at radius 3 is 2.66 bits per heavy atom. The van der Waals surface area contributed by atoms with Crippen LogP contribution in [0.2, 0.25) is 0 Å². The lowest BCUT2D eigenvalue weighted by Gasteiger charge is -2.15. The minimum absolute atomic E-state index is 0.000336. The zero-order chi connectivity index (χ0) is 25.6. The van der Waals surface area contributed by atoms with Gasteiger partial charge >= 0.3 is 0 Å². The number of hydrogen-bond donors (Lipinski definition) is 1. The molecule has 0 aliphatic heterocycles. The maximum atomic E-state index is 13.1. The molecule has 188 valence electrons. The van der Waals surface area contributed by atoms with E-state index >= 15 is 0 Å². The molecule has 35 heavy (non-hydrogen) atoms. The number of amides is 1. The fourth-order valence-electron chi connectivity index (χ4n) is 3.35. The summed E-state index contributed by atoms with van der Waals surface area (Å²) < 4.78 is 33.0. The maximum Gasteiger partial charge on any atom is 0.262 e. The third-order valence-electron chi connectivity index (χ3n) is 5.30. The van der Waals surface area contributed by atoms with Crippen LogP contribution in [-0.4, -0.2) is 61.2 Å². The van der Waals surface area contributed by atoms with Crippen LogP contribution in [-0.2, 0) is 26.1 Å². The summed E-state index contributed by atoms with van der Waals surface area (Å²) in [5.41, 5.74) is 1.56. The minimum Gasteiger partial charge on any atom is -0.382 e. The predicted molar refractivity (Wildman–Crippen MR) is 139 cm³/mol. The molecule has 0 aliphatic carbocycles. The van der Waals surface area contributed by atoms with E-state index in [4.69, 9.17) is 4.74 Å². The van der Waals surface area contributed by atoms with Gasteiger partial charge in [-0.25, -0.2) is 17.7 Å². The summed E-state index contributed by atoms with van der Waals surface area (Å²) in [4.78, 5) is 30.6. The van der Waals surface area contributed by atoms with E-state index in [0.717, 1.165) is 21.6 Å². The SMILES string of the molecule is CCOCCCn1c(SCC(=O)Nc2cc(S(=O)(=O)N(C)C)ccc2C)nc2ccccc2c1=O. The Bertz CT molecular complexity index is 1370. The van der Waals surface area contributed by atoms with Gasteiger partial charge in [0.1, 0.15) is 0 Å². The summed E-state index contributed by atoms with van der Waals surface area (Å²) in [5.74, 6) is -0.332. The van der Waals surface area contributed by atoms with Crippen molar-refractivity contribution in [2.75, 3.05) is 38.4 Å². The zero-order valence-corrected chi connectivity index (χ0v) is 21.9. The van der Waals surface area contributed by atoms with Crippen molar-refractivity contribution < 1.29 is 17.9 Å². The average Bonchev–Trinajstić information content (AvgIpc) is 2.83. The second-order valence-electron chi connectivity index (χ2n) is 8.02. The van der Waals surface area contributed by atoms with E-state index in [1.54, 1.807) is 35.8 Å². The zero-order valence-electron chi connectivity index (χ0n) is 20.3. The number of carbonyl (C=O) groups is 1. The first-order chi connectivity index (χ1) is 16.6. The van der Waals surface area contributed by atoms with Crippen molar-refractivity contribution in [1.29, 1.82) is 0 Å². The smallest absolute Gasteiger partial charge is 0.262 e. The lowest BCUT2D eigenvalue weighted by atomic mass is 10.2. The van der Waals surface area contributed by atoms with Gasteiger partial charge < -0.3 is 10.1 Å². The molecule has 11 heteroatoms. The van der Waals surface area contributed by atoms with Crippen LogP contribution >= 0.6 is 11.8 Å². The van der Waals surface area contributed by atoms with Gasteiger partial charge in [0.2, 0.25) is 15.9 Å². The lowest BCUT2D eigenvalue weighted by molar-refractivity contribution is -0.113. The number of aryl methyl sites for hydroxylation is 1. The number of ether oxygens (including phenoxy) is 1. The Kier molecular flexibility index (Phi) is 9.06. The first-order valence-corrected chi connectivity index (χ1v) is 13.6. The third-order valence-corrected chi connectivity index (χ3v) is 8.08. The largest absolute Gasteiger partial charge is 0.382 e. The fraction of sp³-hybridized carbons (Fsp3) is 0.375. The first-order valence-electron chi connectivity index (χ1n) is 11.2. The highest BCUT2D eigenvalue weighted by molar-refractivity contribution is 7.99. The number of para-hydroxylation sites is 1. The number of benzene rings is 2. The molecule has 0 saturated carbocycles. The van der Waals surface area contributed by atoms with E-state index in [0.29, 0.717) is 47.9 Å². The minimum atomic E-state index is -3.63. The predicted octanol–water partition coefficient (Wildman–Crippen LogP) is 3.11. The van der Waals surface area contributed by atoms with Crippen molar-refractivity contribution in [1.82, 2.24) is 13.9 Å². The van der Waals surface area contributed by atoms with Gasteiger partial charge in [-0.05, 0) is 50.1 Å². The maximum absolute atomic E-state index is 13.1. The molecule has 1 heterocycles. The van der Waals surface area contributed by atoms with Gasteiger partial charge in [0.15, 0.2) is 5.16 Å². The summed E-state index contributed by atoms with van der Waals surface area (Å²) in [7, 11) is -0.727. The van der Waals surface area contributed by atoms with Gasteiger partial charge in [-0.1, -0.05) is 30.0 Å². The van der Waals surface area contributed by atoms with Crippen molar-refractivity contribution in [3.05, 3.63) is 58.4 Å². The van der Waals surface area contributed by atoms with Crippen molar-refractivity contribution in [3.63, 3.8) is 0 Å². The van der Waals surface area contributed by atoms with Crippen LogP contribution in [0.25, 0.3) is 10.9 Å². The highest BCUT2D eigenvalue weighted by Gasteiger charge is 2.19.